The number of hydrogen-bond donors (Lipinski definition) is 1. The van der Waals surface area contributed by atoms with Gasteiger partial charge in [0, 0.05) is 12.3 Å². The number of esters is 1. The number of pyridine rings is 1. The zero-order valence-corrected chi connectivity index (χ0v) is 6.96. The predicted octanol–water partition coefficient (Wildman–Crippen LogP) is 0.691. The predicted molar refractivity (Wildman–Crippen MR) is 43.0 cm³/mol. The summed E-state index contributed by atoms with van der Waals surface area (Å²) in [5.74, 6) is -1.62. The van der Waals surface area contributed by atoms with Crippen LogP contribution in [0.4, 0.5) is 4.39 Å². The van der Waals surface area contributed by atoms with Gasteiger partial charge in [0.05, 0.1) is 6.61 Å². The van der Waals surface area contributed by atoms with Gasteiger partial charge in [0.15, 0.2) is 5.82 Å². The molecular formula is C8H8FNO3. The number of rotatable bonds is 2. The molecule has 5 heteroatoms. The summed E-state index contributed by atoms with van der Waals surface area (Å²) in [4.78, 5) is 23.8. The van der Waals surface area contributed by atoms with Crippen molar-refractivity contribution in [1.29, 1.82) is 0 Å². The van der Waals surface area contributed by atoms with Crippen LogP contribution in [-0.4, -0.2) is 17.6 Å². The Balaban J connectivity index is 3.06. The van der Waals surface area contributed by atoms with Crippen LogP contribution in [-0.2, 0) is 4.74 Å². The molecular weight excluding hydrogens is 177 g/mol. The molecule has 0 fully saturated rings. The van der Waals surface area contributed by atoms with Crippen molar-refractivity contribution in [3.05, 3.63) is 34.0 Å². The van der Waals surface area contributed by atoms with Gasteiger partial charge in [-0.1, -0.05) is 0 Å². The SMILES string of the molecule is CCOC(=O)c1cc(=O)[nH]cc1F. The molecule has 0 spiro atoms. The molecule has 70 valence electrons. The highest BCUT2D eigenvalue weighted by Crippen LogP contribution is 2.03. The molecule has 0 radical (unpaired) electrons. The van der Waals surface area contributed by atoms with Crippen LogP contribution in [0, 0.1) is 5.82 Å². The Labute approximate surface area is 73.3 Å². The fourth-order valence-corrected chi connectivity index (χ4v) is 0.819. The topological polar surface area (TPSA) is 59.2 Å². The Morgan fingerprint density at radius 3 is 3.00 bits per heavy atom. The molecule has 0 saturated carbocycles. The number of carbonyl (C=O) groups excluding carboxylic acids is 1. The molecule has 0 amide bonds. The highest BCUT2D eigenvalue weighted by Gasteiger charge is 2.12. The van der Waals surface area contributed by atoms with Crippen molar-refractivity contribution in [1.82, 2.24) is 4.98 Å². The molecule has 0 bridgehead atoms. The van der Waals surface area contributed by atoms with Crippen molar-refractivity contribution in [2.45, 2.75) is 6.92 Å². The Hall–Kier alpha value is -1.65. The molecule has 1 aromatic rings. The third-order valence-corrected chi connectivity index (χ3v) is 1.37. The highest BCUT2D eigenvalue weighted by atomic mass is 19.1. The first kappa shape index (κ1) is 9.44. The van der Waals surface area contributed by atoms with E-state index in [9.17, 15) is 14.0 Å². The molecule has 0 aliphatic heterocycles. The van der Waals surface area contributed by atoms with E-state index in [4.69, 9.17) is 0 Å². The zero-order chi connectivity index (χ0) is 9.84. The van der Waals surface area contributed by atoms with Gasteiger partial charge in [-0.3, -0.25) is 4.79 Å². The third kappa shape index (κ3) is 2.14. The average molecular weight is 185 g/mol. The molecule has 0 unspecified atom stereocenters. The first-order valence-electron chi connectivity index (χ1n) is 3.70. The molecule has 1 N–H and O–H groups in total. The van der Waals surface area contributed by atoms with E-state index in [0.29, 0.717) is 0 Å². The van der Waals surface area contributed by atoms with Crippen molar-refractivity contribution in [2.75, 3.05) is 6.61 Å². The summed E-state index contributed by atoms with van der Waals surface area (Å²) < 4.78 is 17.4. The number of aromatic nitrogens is 1. The maximum atomic E-state index is 12.9. The summed E-state index contributed by atoms with van der Waals surface area (Å²) in [5, 5.41) is 0. The smallest absolute Gasteiger partial charge is 0.341 e. The van der Waals surface area contributed by atoms with E-state index in [1.54, 1.807) is 6.92 Å². The number of carbonyl (C=O) groups is 1. The van der Waals surface area contributed by atoms with Crippen LogP contribution in [0.25, 0.3) is 0 Å². The third-order valence-electron chi connectivity index (χ3n) is 1.37. The minimum Gasteiger partial charge on any atom is -0.462 e. The van der Waals surface area contributed by atoms with Crippen molar-refractivity contribution < 1.29 is 13.9 Å². The molecule has 1 heterocycles. The molecule has 1 rings (SSSR count). The minimum absolute atomic E-state index is 0.144. The summed E-state index contributed by atoms with van der Waals surface area (Å²) in [6.45, 7) is 1.74. The minimum atomic E-state index is -0.828. The molecule has 0 saturated heterocycles. The van der Waals surface area contributed by atoms with Gasteiger partial charge < -0.3 is 9.72 Å². The average Bonchev–Trinajstić information content (AvgIpc) is 2.09. The van der Waals surface area contributed by atoms with Crippen LogP contribution in [0.15, 0.2) is 17.1 Å². The summed E-state index contributed by atoms with van der Waals surface area (Å²) in [6, 6.07) is 0.868. The second-order valence-electron chi connectivity index (χ2n) is 2.28. The van der Waals surface area contributed by atoms with E-state index in [2.05, 4.69) is 9.72 Å². The fourth-order valence-electron chi connectivity index (χ4n) is 0.819. The summed E-state index contributed by atoms with van der Waals surface area (Å²) in [7, 11) is 0. The van der Waals surface area contributed by atoms with Crippen LogP contribution in [0.2, 0.25) is 0 Å². The quantitative estimate of drug-likeness (QED) is 0.689. The fraction of sp³-hybridized carbons (Fsp3) is 0.250. The second-order valence-corrected chi connectivity index (χ2v) is 2.28. The number of nitrogens with one attached hydrogen (secondary N) is 1. The lowest BCUT2D eigenvalue weighted by atomic mass is 10.2. The Kier molecular flexibility index (Phi) is 2.79. The Morgan fingerprint density at radius 1 is 1.69 bits per heavy atom. The van der Waals surface area contributed by atoms with Crippen LogP contribution in [0.5, 0.6) is 0 Å². The van der Waals surface area contributed by atoms with Crippen LogP contribution < -0.4 is 5.56 Å². The van der Waals surface area contributed by atoms with Gasteiger partial charge in [0.25, 0.3) is 0 Å². The number of aromatic amines is 1. The normalized spacial score (nSPS) is 9.69. The Morgan fingerprint density at radius 2 is 2.38 bits per heavy atom. The van der Waals surface area contributed by atoms with Gasteiger partial charge in [-0.25, -0.2) is 9.18 Å². The largest absolute Gasteiger partial charge is 0.462 e. The lowest BCUT2D eigenvalue weighted by Gasteiger charge is -2.00. The summed E-state index contributed by atoms with van der Waals surface area (Å²) in [6.07, 6.45) is 0.828. The standard InChI is InChI=1S/C8H8FNO3/c1-2-13-8(12)5-3-7(11)10-4-6(5)9/h3-4H,2H2,1H3,(H,10,11). The maximum absolute atomic E-state index is 12.9. The van der Waals surface area contributed by atoms with E-state index in [-0.39, 0.29) is 12.2 Å². The molecule has 4 nitrogen and oxygen atoms in total. The maximum Gasteiger partial charge on any atom is 0.341 e. The molecule has 13 heavy (non-hydrogen) atoms. The van der Waals surface area contributed by atoms with Crippen molar-refractivity contribution in [3.8, 4) is 0 Å². The first-order chi connectivity index (χ1) is 6.15. The molecule has 0 aromatic carbocycles. The van der Waals surface area contributed by atoms with E-state index < -0.39 is 17.3 Å². The van der Waals surface area contributed by atoms with Gasteiger partial charge in [0.1, 0.15) is 5.56 Å². The zero-order valence-electron chi connectivity index (χ0n) is 6.96. The van der Waals surface area contributed by atoms with Gasteiger partial charge >= 0.3 is 5.97 Å². The number of H-pyrrole nitrogens is 1. The van der Waals surface area contributed by atoms with E-state index in [1.807, 2.05) is 0 Å². The van der Waals surface area contributed by atoms with Gasteiger partial charge in [-0.05, 0) is 6.92 Å². The summed E-state index contributed by atoms with van der Waals surface area (Å²) in [5.41, 5.74) is -0.880. The van der Waals surface area contributed by atoms with E-state index >= 15 is 0 Å². The molecule has 1 aromatic heterocycles. The van der Waals surface area contributed by atoms with E-state index in [0.717, 1.165) is 12.3 Å². The van der Waals surface area contributed by atoms with E-state index in [1.165, 1.54) is 0 Å². The highest BCUT2D eigenvalue weighted by molar-refractivity contribution is 5.89. The number of ether oxygens (including phenoxy) is 1. The van der Waals surface area contributed by atoms with Crippen molar-refractivity contribution >= 4 is 5.97 Å². The first-order valence-corrected chi connectivity index (χ1v) is 3.70. The molecule has 0 aliphatic carbocycles. The lowest BCUT2D eigenvalue weighted by molar-refractivity contribution is 0.0520. The monoisotopic (exact) mass is 185 g/mol. The summed E-state index contributed by atoms with van der Waals surface area (Å²) >= 11 is 0. The van der Waals surface area contributed by atoms with Gasteiger partial charge in [0.2, 0.25) is 5.56 Å². The number of hydrogen-bond acceptors (Lipinski definition) is 3. The van der Waals surface area contributed by atoms with Gasteiger partial charge in [-0.15, -0.1) is 0 Å². The van der Waals surface area contributed by atoms with Crippen LogP contribution in [0.3, 0.4) is 0 Å². The van der Waals surface area contributed by atoms with Crippen molar-refractivity contribution in [3.63, 3.8) is 0 Å². The molecule has 0 aliphatic rings. The van der Waals surface area contributed by atoms with Crippen LogP contribution >= 0.6 is 0 Å². The number of halogens is 1. The van der Waals surface area contributed by atoms with Crippen LogP contribution in [0.1, 0.15) is 17.3 Å². The van der Waals surface area contributed by atoms with Crippen molar-refractivity contribution in [2.24, 2.45) is 0 Å². The molecule has 0 atom stereocenters. The van der Waals surface area contributed by atoms with Gasteiger partial charge in [-0.2, -0.15) is 0 Å². The second kappa shape index (κ2) is 3.84. The Bertz CT molecular complexity index is 372. The lowest BCUT2D eigenvalue weighted by Crippen LogP contribution is -2.13.